The van der Waals surface area contributed by atoms with Crippen LogP contribution in [-0.4, -0.2) is 34.2 Å². The number of carboxylic acid groups (broad SMARTS) is 1. The number of carboxylic acids is 1. The lowest BCUT2D eigenvalue weighted by Crippen LogP contribution is -2.46. The zero-order valence-electron chi connectivity index (χ0n) is 9.41. The molecule has 1 rings (SSSR count). The van der Waals surface area contributed by atoms with Crippen molar-refractivity contribution in [1.82, 2.24) is 5.32 Å². The molecule has 1 amide bonds. The summed E-state index contributed by atoms with van der Waals surface area (Å²) in [7, 11) is 0. The standard InChI is InChI=1S/C11H11BrFNO4/c1-11(18,10(16)17)5-14-9(15)7-3-2-6(13)4-8(7)12/h2-4,18H,5H2,1H3,(H,14,15)(H,16,17). The van der Waals surface area contributed by atoms with Crippen LogP contribution in [0.4, 0.5) is 4.39 Å². The molecule has 0 aliphatic carbocycles. The van der Waals surface area contributed by atoms with E-state index >= 15 is 0 Å². The molecule has 0 aromatic heterocycles. The van der Waals surface area contributed by atoms with Crippen LogP contribution in [-0.2, 0) is 4.79 Å². The second kappa shape index (κ2) is 5.45. The first-order valence-corrected chi connectivity index (χ1v) is 5.72. The number of halogens is 2. The van der Waals surface area contributed by atoms with E-state index < -0.39 is 29.8 Å². The minimum atomic E-state index is -2.05. The van der Waals surface area contributed by atoms with Gasteiger partial charge in [0.05, 0.1) is 12.1 Å². The van der Waals surface area contributed by atoms with Gasteiger partial charge < -0.3 is 15.5 Å². The number of carbonyl (C=O) groups is 2. The van der Waals surface area contributed by atoms with E-state index in [2.05, 4.69) is 21.2 Å². The topological polar surface area (TPSA) is 86.6 Å². The molecule has 0 aliphatic heterocycles. The fourth-order valence-electron chi connectivity index (χ4n) is 1.10. The third-order valence-corrected chi connectivity index (χ3v) is 2.89. The summed E-state index contributed by atoms with van der Waals surface area (Å²) >= 11 is 3.02. The van der Waals surface area contributed by atoms with E-state index in [9.17, 15) is 19.1 Å². The van der Waals surface area contributed by atoms with Crippen molar-refractivity contribution in [2.75, 3.05) is 6.54 Å². The van der Waals surface area contributed by atoms with Crippen LogP contribution in [0, 0.1) is 5.82 Å². The highest BCUT2D eigenvalue weighted by Gasteiger charge is 2.30. The first-order chi connectivity index (χ1) is 8.24. The summed E-state index contributed by atoms with van der Waals surface area (Å²) in [5, 5.41) is 20.3. The summed E-state index contributed by atoms with van der Waals surface area (Å²) in [4.78, 5) is 22.3. The van der Waals surface area contributed by atoms with Gasteiger partial charge >= 0.3 is 5.97 Å². The number of amides is 1. The largest absolute Gasteiger partial charge is 0.479 e. The van der Waals surface area contributed by atoms with E-state index in [-0.39, 0.29) is 10.0 Å². The molecule has 0 radical (unpaired) electrons. The van der Waals surface area contributed by atoms with Gasteiger partial charge in [0.25, 0.3) is 5.91 Å². The molecule has 3 N–H and O–H groups in total. The van der Waals surface area contributed by atoms with Crippen molar-refractivity contribution in [3.63, 3.8) is 0 Å². The molecule has 98 valence electrons. The minimum Gasteiger partial charge on any atom is -0.479 e. The SMILES string of the molecule is CC(O)(CNC(=O)c1ccc(F)cc1Br)C(=O)O. The first-order valence-electron chi connectivity index (χ1n) is 4.93. The maximum absolute atomic E-state index is 12.8. The highest BCUT2D eigenvalue weighted by molar-refractivity contribution is 9.10. The summed E-state index contributed by atoms with van der Waals surface area (Å²) in [6.45, 7) is 0.611. The van der Waals surface area contributed by atoms with E-state index in [1.165, 1.54) is 6.07 Å². The van der Waals surface area contributed by atoms with E-state index in [1.54, 1.807) is 0 Å². The lowest BCUT2D eigenvalue weighted by molar-refractivity contribution is -0.155. The van der Waals surface area contributed by atoms with Gasteiger partial charge in [-0.1, -0.05) is 0 Å². The summed E-state index contributed by atoms with van der Waals surface area (Å²) in [5.74, 6) is -2.56. The molecular formula is C11H11BrFNO4. The van der Waals surface area contributed by atoms with Crippen molar-refractivity contribution in [2.24, 2.45) is 0 Å². The number of aliphatic carboxylic acids is 1. The van der Waals surface area contributed by atoms with Gasteiger partial charge in [-0.25, -0.2) is 9.18 Å². The van der Waals surface area contributed by atoms with Crippen LogP contribution in [0.5, 0.6) is 0 Å². The van der Waals surface area contributed by atoms with Crippen LogP contribution in [0.3, 0.4) is 0 Å². The van der Waals surface area contributed by atoms with Crippen molar-refractivity contribution >= 4 is 27.8 Å². The molecule has 1 aromatic carbocycles. The van der Waals surface area contributed by atoms with Gasteiger partial charge in [-0.2, -0.15) is 0 Å². The molecule has 5 nitrogen and oxygen atoms in total. The quantitative estimate of drug-likeness (QED) is 0.777. The van der Waals surface area contributed by atoms with E-state index in [1.807, 2.05) is 0 Å². The molecule has 0 saturated carbocycles. The van der Waals surface area contributed by atoms with Crippen LogP contribution in [0.25, 0.3) is 0 Å². The number of hydrogen-bond acceptors (Lipinski definition) is 3. The number of carbonyl (C=O) groups excluding carboxylic acids is 1. The molecular weight excluding hydrogens is 309 g/mol. The minimum absolute atomic E-state index is 0.151. The first kappa shape index (κ1) is 14.6. The van der Waals surface area contributed by atoms with E-state index in [0.717, 1.165) is 19.1 Å². The Balaban J connectivity index is 2.75. The van der Waals surface area contributed by atoms with Crippen molar-refractivity contribution in [3.8, 4) is 0 Å². The lowest BCUT2D eigenvalue weighted by atomic mass is 10.1. The Hall–Kier alpha value is -1.47. The Kier molecular flexibility index (Phi) is 4.42. The zero-order valence-corrected chi connectivity index (χ0v) is 11.0. The third-order valence-electron chi connectivity index (χ3n) is 2.23. The van der Waals surface area contributed by atoms with Gasteiger partial charge in [0.2, 0.25) is 0 Å². The molecule has 0 heterocycles. The molecule has 0 aliphatic rings. The molecule has 1 unspecified atom stereocenters. The fourth-order valence-corrected chi connectivity index (χ4v) is 1.63. The van der Waals surface area contributed by atoms with Crippen molar-refractivity contribution < 1.29 is 24.2 Å². The Morgan fingerprint density at radius 1 is 1.50 bits per heavy atom. The van der Waals surface area contributed by atoms with Crippen molar-refractivity contribution in [3.05, 3.63) is 34.1 Å². The molecule has 7 heteroatoms. The zero-order chi connectivity index (χ0) is 13.9. The molecule has 0 spiro atoms. The van der Waals surface area contributed by atoms with Gasteiger partial charge in [-0.05, 0) is 41.1 Å². The second-order valence-corrected chi connectivity index (χ2v) is 4.74. The highest BCUT2D eigenvalue weighted by Crippen LogP contribution is 2.18. The van der Waals surface area contributed by atoms with Crippen LogP contribution >= 0.6 is 15.9 Å². The highest BCUT2D eigenvalue weighted by atomic mass is 79.9. The number of hydrogen-bond donors (Lipinski definition) is 3. The van der Waals surface area contributed by atoms with Gasteiger partial charge in [0, 0.05) is 4.47 Å². The Bertz CT molecular complexity index is 490. The second-order valence-electron chi connectivity index (χ2n) is 3.89. The smallest absolute Gasteiger partial charge is 0.337 e. The third kappa shape index (κ3) is 3.51. The number of nitrogens with one attached hydrogen (secondary N) is 1. The van der Waals surface area contributed by atoms with E-state index in [4.69, 9.17) is 5.11 Å². The Labute approximate surface area is 111 Å². The summed E-state index contributed by atoms with van der Waals surface area (Å²) in [6.07, 6.45) is 0. The number of benzene rings is 1. The molecule has 18 heavy (non-hydrogen) atoms. The molecule has 0 saturated heterocycles. The summed E-state index contributed by atoms with van der Waals surface area (Å²) in [5.41, 5.74) is -1.90. The lowest BCUT2D eigenvalue weighted by Gasteiger charge is -2.18. The maximum atomic E-state index is 12.8. The average molecular weight is 320 g/mol. The van der Waals surface area contributed by atoms with Gasteiger partial charge in [0.15, 0.2) is 5.60 Å². The molecule has 1 aromatic rings. The number of rotatable bonds is 4. The van der Waals surface area contributed by atoms with Crippen molar-refractivity contribution in [2.45, 2.75) is 12.5 Å². The maximum Gasteiger partial charge on any atom is 0.337 e. The van der Waals surface area contributed by atoms with Crippen LogP contribution in [0.15, 0.2) is 22.7 Å². The Morgan fingerprint density at radius 3 is 2.61 bits per heavy atom. The molecule has 0 bridgehead atoms. The fraction of sp³-hybridized carbons (Fsp3) is 0.273. The van der Waals surface area contributed by atoms with E-state index in [0.29, 0.717) is 0 Å². The van der Waals surface area contributed by atoms with Crippen LogP contribution in [0.1, 0.15) is 17.3 Å². The van der Waals surface area contributed by atoms with Gasteiger partial charge in [-0.15, -0.1) is 0 Å². The average Bonchev–Trinajstić information content (AvgIpc) is 2.25. The van der Waals surface area contributed by atoms with Crippen LogP contribution in [0.2, 0.25) is 0 Å². The predicted molar refractivity (Wildman–Crippen MR) is 64.7 cm³/mol. The predicted octanol–water partition coefficient (Wildman–Crippen LogP) is 1.15. The monoisotopic (exact) mass is 319 g/mol. The number of aliphatic hydroxyl groups is 1. The summed E-state index contributed by atoms with van der Waals surface area (Å²) in [6, 6.07) is 3.48. The van der Waals surface area contributed by atoms with Gasteiger partial charge in [0.1, 0.15) is 5.82 Å². The van der Waals surface area contributed by atoms with Crippen molar-refractivity contribution in [1.29, 1.82) is 0 Å². The van der Waals surface area contributed by atoms with Gasteiger partial charge in [-0.3, -0.25) is 4.79 Å². The normalized spacial score (nSPS) is 13.8. The van der Waals surface area contributed by atoms with Crippen LogP contribution < -0.4 is 5.32 Å². The summed E-state index contributed by atoms with van der Waals surface area (Å²) < 4.78 is 13.1. The Morgan fingerprint density at radius 2 is 2.11 bits per heavy atom. The molecule has 1 atom stereocenters. The molecule has 0 fully saturated rings.